The van der Waals surface area contributed by atoms with Gasteiger partial charge in [-0.3, -0.25) is 5.32 Å². The lowest BCUT2D eigenvalue weighted by atomic mass is 10.1. The minimum atomic E-state index is -0.540. The van der Waals surface area contributed by atoms with Crippen LogP contribution in [0.2, 0.25) is 0 Å². The molecule has 1 aliphatic rings. The fraction of sp³-hybridized carbons (Fsp3) is 0.562. The lowest BCUT2D eigenvalue weighted by Gasteiger charge is -2.21. The lowest BCUT2D eigenvalue weighted by molar-refractivity contribution is -0.143. The summed E-state index contributed by atoms with van der Waals surface area (Å²) in [5, 5.41) is 3.25. The van der Waals surface area contributed by atoms with E-state index in [1.807, 2.05) is 31.2 Å². The molecule has 1 aliphatic heterocycles. The number of rotatable bonds is 7. The summed E-state index contributed by atoms with van der Waals surface area (Å²) in [6.45, 7) is 3.89. The molecule has 0 saturated carbocycles. The van der Waals surface area contributed by atoms with Crippen molar-refractivity contribution < 1.29 is 19.0 Å². The monoisotopic (exact) mass is 293 g/mol. The molecule has 0 amide bonds. The summed E-state index contributed by atoms with van der Waals surface area (Å²) >= 11 is 0. The normalized spacial score (nSPS) is 19.2. The highest BCUT2D eigenvalue weighted by molar-refractivity contribution is 5.78. The van der Waals surface area contributed by atoms with Gasteiger partial charge in [0.05, 0.1) is 19.8 Å². The first-order valence-electron chi connectivity index (χ1n) is 7.40. The van der Waals surface area contributed by atoms with Gasteiger partial charge in [-0.25, -0.2) is 4.79 Å². The quantitative estimate of drug-likeness (QED) is 0.780. The van der Waals surface area contributed by atoms with Crippen LogP contribution < -0.4 is 10.1 Å². The number of benzene rings is 1. The number of hydrogen-bond acceptors (Lipinski definition) is 5. The molecule has 1 aromatic rings. The van der Waals surface area contributed by atoms with Gasteiger partial charge in [0, 0.05) is 18.7 Å². The number of ether oxygens (including phenoxy) is 3. The summed E-state index contributed by atoms with van der Waals surface area (Å²) in [5.41, 5.74) is 0.796. The SMILES string of the molecule is CCOc1ccccc1C(NCC1CCCO1)C(=O)OC. The van der Waals surface area contributed by atoms with Crippen molar-refractivity contribution >= 4 is 5.97 Å². The van der Waals surface area contributed by atoms with E-state index in [4.69, 9.17) is 14.2 Å². The van der Waals surface area contributed by atoms with Gasteiger partial charge in [0.25, 0.3) is 0 Å². The van der Waals surface area contributed by atoms with Crippen molar-refractivity contribution in [2.24, 2.45) is 0 Å². The van der Waals surface area contributed by atoms with Crippen LogP contribution in [0.15, 0.2) is 24.3 Å². The average Bonchev–Trinajstić information content (AvgIpc) is 3.02. The van der Waals surface area contributed by atoms with Crippen molar-refractivity contribution in [3.63, 3.8) is 0 Å². The van der Waals surface area contributed by atoms with Crippen molar-refractivity contribution in [1.82, 2.24) is 5.32 Å². The number of esters is 1. The topological polar surface area (TPSA) is 56.8 Å². The number of nitrogens with one attached hydrogen (secondary N) is 1. The van der Waals surface area contributed by atoms with Gasteiger partial charge in [-0.15, -0.1) is 0 Å². The van der Waals surface area contributed by atoms with Crippen molar-refractivity contribution in [2.75, 3.05) is 26.9 Å². The van der Waals surface area contributed by atoms with Gasteiger partial charge >= 0.3 is 5.97 Å². The van der Waals surface area contributed by atoms with Gasteiger partial charge < -0.3 is 14.2 Å². The molecule has 0 aromatic heterocycles. The number of methoxy groups -OCH3 is 1. The zero-order valence-electron chi connectivity index (χ0n) is 12.6. The van der Waals surface area contributed by atoms with Crippen LogP contribution in [0.5, 0.6) is 5.75 Å². The maximum Gasteiger partial charge on any atom is 0.327 e. The van der Waals surface area contributed by atoms with E-state index in [1.54, 1.807) is 0 Å². The number of carbonyl (C=O) groups excluding carboxylic acids is 1. The van der Waals surface area contributed by atoms with Crippen LogP contribution in [0.25, 0.3) is 0 Å². The predicted octanol–water partition coefficient (Wildman–Crippen LogP) is 2.07. The fourth-order valence-electron chi connectivity index (χ4n) is 2.50. The van der Waals surface area contributed by atoms with Gasteiger partial charge in [0.15, 0.2) is 0 Å². The summed E-state index contributed by atoms with van der Waals surface area (Å²) in [4.78, 5) is 12.1. The molecular weight excluding hydrogens is 270 g/mol. The molecule has 116 valence electrons. The van der Waals surface area contributed by atoms with Gasteiger partial charge in [0.1, 0.15) is 11.8 Å². The lowest BCUT2D eigenvalue weighted by Crippen LogP contribution is -2.35. The third-order valence-electron chi connectivity index (χ3n) is 3.54. The Balaban J connectivity index is 2.12. The van der Waals surface area contributed by atoms with Crippen LogP contribution in [-0.4, -0.2) is 38.9 Å². The molecule has 1 heterocycles. The van der Waals surface area contributed by atoms with E-state index < -0.39 is 6.04 Å². The minimum Gasteiger partial charge on any atom is -0.494 e. The Labute approximate surface area is 125 Å². The summed E-state index contributed by atoms with van der Waals surface area (Å²) in [5.74, 6) is 0.385. The van der Waals surface area contributed by atoms with E-state index in [1.165, 1.54) is 7.11 Å². The van der Waals surface area contributed by atoms with E-state index in [0.717, 1.165) is 25.0 Å². The van der Waals surface area contributed by atoms with Gasteiger partial charge in [-0.1, -0.05) is 18.2 Å². The van der Waals surface area contributed by atoms with Crippen LogP contribution in [0.3, 0.4) is 0 Å². The summed E-state index contributed by atoms with van der Waals surface area (Å²) < 4.78 is 16.1. The Morgan fingerprint density at radius 3 is 2.95 bits per heavy atom. The van der Waals surface area contributed by atoms with Crippen LogP contribution in [0.1, 0.15) is 31.4 Å². The molecular formula is C16H23NO4. The van der Waals surface area contributed by atoms with E-state index in [-0.39, 0.29) is 12.1 Å². The molecule has 2 rings (SSSR count). The smallest absolute Gasteiger partial charge is 0.327 e. The molecule has 0 aliphatic carbocycles. The standard InChI is InChI=1S/C16H23NO4/c1-3-20-14-9-5-4-8-13(14)15(16(18)19-2)17-11-12-7-6-10-21-12/h4-5,8-9,12,15,17H,3,6-7,10-11H2,1-2H3. The van der Waals surface area contributed by atoms with Crippen LogP contribution in [-0.2, 0) is 14.3 Å². The van der Waals surface area contributed by atoms with Crippen LogP contribution in [0, 0.1) is 0 Å². The molecule has 5 heteroatoms. The van der Waals surface area contributed by atoms with Gasteiger partial charge in [-0.05, 0) is 25.8 Å². The molecule has 1 N–H and O–H groups in total. The van der Waals surface area contributed by atoms with E-state index in [0.29, 0.717) is 18.9 Å². The molecule has 1 fully saturated rings. The van der Waals surface area contributed by atoms with Crippen LogP contribution in [0.4, 0.5) is 0 Å². The first kappa shape index (κ1) is 15.8. The summed E-state index contributed by atoms with van der Waals surface area (Å²) in [7, 11) is 1.40. The Kier molecular flexibility index (Phi) is 6.02. The highest BCUT2D eigenvalue weighted by atomic mass is 16.5. The van der Waals surface area contributed by atoms with Crippen LogP contribution >= 0.6 is 0 Å². The second-order valence-electron chi connectivity index (χ2n) is 4.97. The summed E-state index contributed by atoms with van der Waals surface area (Å²) in [6.07, 6.45) is 2.26. The van der Waals surface area contributed by atoms with Gasteiger partial charge in [0.2, 0.25) is 0 Å². The zero-order valence-corrected chi connectivity index (χ0v) is 12.6. The molecule has 5 nitrogen and oxygen atoms in total. The third-order valence-corrected chi connectivity index (χ3v) is 3.54. The maximum atomic E-state index is 12.1. The summed E-state index contributed by atoms with van der Waals surface area (Å²) in [6, 6.07) is 6.99. The highest BCUT2D eigenvalue weighted by Crippen LogP contribution is 2.26. The number of para-hydroxylation sites is 1. The molecule has 0 bridgehead atoms. The van der Waals surface area contributed by atoms with E-state index in [9.17, 15) is 4.79 Å². The third kappa shape index (κ3) is 4.19. The Hall–Kier alpha value is -1.59. The molecule has 2 atom stereocenters. The molecule has 2 unspecified atom stereocenters. The van der Waals surface area contributed by atoms with Crippen molar-refractivity contribution in [1.29, 1.82) is 0 Å². The van der Waals surface area contributed by atoms with Crippen molar-refractivity contribution in [3.8, 4) is 5.75 Å². The molecule has 1 saturated heterocycles. The Bertz CT molecular complexity index is 457. The largest absolute Gasteiger partial charge is 0.494 e. The predicted molar refractivity (Wildman–Crippen MR) is 79.3 cm³/mol. The van der Waals surface area contributed by atoms with E-state index in [2.05, 4.69) is 5.32 Å². The van der Waals surface area contributed by atoms with E-state index >= 15 is 0 Å². The van der Waals surface area contributed by atoms with Gasteiger partial charge in [-0.2, -0.15) is 0 Å². The first-order chi connectivity index (χ1) is 10.3. The minimum absolute atomic E-state index is 0.163. The Morgan fingerprint density at radius 1 is 1.48 bits per heavy atom. The molecule has 1 aromatic carbocycles. The molecule has 0 radical (unpaired) electrons. The molecule has 21 heavy (non-hydrogen) atoms. The van der Waals surface area contributed by atoms with Crippen molar-refractivity contribution in [3.05, 3.63) is 29.8 Å². The second-order valence-corrected chi connectivity index (χ2v) is 4.97. The number of carbonyl (C=O) groups is 1. The fourth-order valence-corrected chi connectivity index (χ4v) is 2.50. The maximum absolute atomic E-state index is 12.1. The Morgan fingerprint density at radius 2 is 2.29 bits per heavy atom. The first-order valence-corrected chi connectivity index (χ1v) is 7.40. The number of hydrogen-bond donors (Lipinski definition) is 1. The van der Waals surface area contributed by atoms with Crippen molar-refractivity contribution in [2.45, 2.75) is 31.9 Å². The zero-order chi connectivity index (χ0) is 15.1. The second kappa shape index (κ2) is 8.00. The molecule has 0 spiro atoms. The average molecular weight is 293 g/mol. The highest BCUT2D eigenvalue weighted by Gasteiger charge is 2.26.